The molecule has 0 bridgehead atoms. The lowest BCUT2D eigenvalue weighted by Gasteiger charge is -2.00. The highest BCUT2D eigenvalue weighted by Crippen LogP contribution is 2.12. The molecule has 0 saturated carbocycles. The number of pyridine rings is 1. The van der Waals surface area contributed by atoms with Gasteiger partial charge in [-0.1, -0.05) is 6.58 Å². The molecule has 0 atom stereocenters. The Bertz CT molecular complexity index is 359. The predicted molar refractivity (Wildman–Crippen MR) is 48.4 cm³/mol. The number of rotatable bonds is 1. The molecule has 0 aromatic carbocycles. The van der Waals surface area contributed by atoms with Crippen LogP contribution in [0.5, 0.6) is 0 Å². The number of nitrogens with zero attached hydrogens (tertiary/aromatic N) is 2. The van der Waals surface area contributed by atoms with Gasteiger partial charge in [0.2, 0.25) is 0 Å². The number of aromatic nitrogens is 1. The molecule has 1 heterocycles. The highest BCUT2D eigenvalue weighted by atomic mass is 14.7. The van der Waals surface area contributed by atoms with Crippen LogP contribution in [-0.2, 0) is 0 Å². The molecular formula is C10H10N2. The molecule has 2 nitrogen and oxygen atoms in total. The predicted octanol–water partition coefficient (Wildman–Crippen LogP) is 2.29. The number of aryl methyl sites for hydroxylation is 1. The molecule has 0 fully saturated rings. The van der Waals surface area contributed by atoms with Crippen LogP contribution >= 0.6 is 0 Å². The standard InChI is InChI=1S/C10H10N2/c1-7(2)10-4-8(3)9(5-11)6-12-10/h4,6H,1H2,2-3H3. The van der Waals surface area contributed by atoms with Crippen molar-refractivity contribution in [2.45, 2.75) is 13.8 Å². The molecule has 2 heteroatoms. The van der Waals surface area contributed by atoms with Crippen LogP contribution in [0.15, 0.2) is 18.8 Å². The maximum atomic E-state index is 8.64. The average Bonchev–Trinajstić information content (AvgIpc) is 2.04. The van der Waals surface area contributed by atoms with E-state index in [4.69, 9.17) is 5.26 Å². The van der Waals surface area contributed by atoms with Crippen molar-refractivity contribution >= 4 is 5.57 Å². The second kappa shape index (κ2) is 3.19. The summed E-state index contributed by atoms with van der Waals surface area (Å²) in [5, 5.41) is 8.64. The van der Waals surface area contributed by atoms with Crippen molar-refractivity contribution in [2.24, 2.45) is 0 Å². The van der Waals surface area contributed by atoms with E-state index >= 15 is 0 Å². The van der Waals surface area contributed by atoms with E-state index in [1.807, 2.05) is 19.9 Å². The highest BCUT2D eigenvalue weighted by Gasteiger charge is 1.99. The zero-order valence-corrected chi connectivity index (χ0v) is 7.26. The van der Waals surface area contributed by atoms with E-state index in [1.54, 1.807) is 6.20 Å². The zero-order valence-electron chi connectivity index (χ0n) is 7.26. The molecule has 12 heavy (non-hydrogen) atoms. The van der Waals surface area contributed by atoms with Crippen molar-refractivity contribution in [3.63, 3.8) is 0 Å². The average molecular weight is 158 g/mol. The lowest BCUT2D eigenvalue weighted by molar-refractivity contribution is 1.21. The van der Waals surface area contributed by atoms with Crippen LogP contribution in [0, 0.1) is 18.3 Å². The quantitative estimate of drug-likeness (QED) is 0.628. The summed E-state index contributed by atoms with van der Waals surface area (Å²) in [5.74, 6) is 0. The van der Waals surface area contributed by atoms with Crippen molar-refractivity contribution in [1.82, 2.24) is 4.98 Å². The summed E-state index contributed by atoms with van der Waals surface area (Å²) in [6, 6.07) is 3.95. The zero-order chi connectivity index (χ0) is 9.14. The van der Waals surface area contributed by atoms with Gasteiger partial charge in [-0.25, -0.2) is 0 Å². The minimum atomic E-state index is 0.625. The van der Waals surface area contributed by atoms with Gasteiger partial charge in [-0.05, 0) is 31.1 Å². The molecule has 0 N–H and O–H groups in total. The van der Waals surface area contributed by atoms with Gasteiger partial charge in [0.1, 0.15) is 6.07 Å². The fraction of sp³-hybridized carbons (Fsp3) is 0.200. The maximum Gasteiger partial charge on any atom is 0.101 e. The monoisotopic (exact) mass is 158 g/mol. The lowest BCUT2D eigenvalue weighted by Crippen LogP contribution is -1.89. The summed E-state index contributed by atoms with van der Waals surface area (Å²) in [7, 11) is 0. The molecule has 0 spiro atoms. The second-order valence-corrected chi connectivity index (χ2v) is 2.78. The Hall–Kier alpha value is -1.62. The number of hydrogen-bond acceptors (Lipinski definition) is 2. The van der Waals surface area contributed by atoms with Gasteiger partial charge in [0, 0.05) is 6.20 Å². The minimum absolute atomic E-state index is 0.625. The van der Waals surface area contributed by atoms with Crippen LogP contribution in [0.3, 0.4) is 0 Å². The van der Waals surface area contributed by atoms with Gasteiger partial charge in [-0.15, -0.1) is 0 Å². The third-order valence-corrected chi connectivity index (χ3v) is 1.67. The van der Waals surface area contributed by atoms with Gasteiger partial charge in [0.15, 0.2) is 0 Å². The Morgan fingerprint density at radius 2 is 2.33 bits per heavy atom. The first-order valence-corrected chi connectivity index (χ1v) is 3.67. The molecule has 1 aromatic heterocycles. The summed E-state index contributed by atoms with van der Waals surface area (Å²) in [6.07, 6.45) is 1.58. The minimum Gasteiger partial charge on any atom is -0.255 e. The van der Waals surface area contributed by atoms with Crippen LogP contribution in [0.2, 0.25) is 0 Å². The Morgan fingerprint density at radius 3 is 2.75 bits per heavy atom. The third kappa shape index (κ3) is 1.51. The third-order valence-electron chi connectivity index (χ3n) is 1.67. The largest absolute Gasteiger partial charge is 0.255 e. The van der Waals surface area contributed by atoms with Gasteiger partial charge in [-0.3, -0.25) is 4.98 Å². The van der Waals surface area contributed by atoms with Gasteiger partial charge >= 0.3 is 0 Å². The molecular weight excluding hydrogens is 148 g/mol. The number of hydrogen-bond donors (Lipinski definition) is 0. The van der Waals surface area contributed by atoms with Crippen molar-refractivity contribution in [1.29, 1.82) is 5.26 Å². The topological polar surface area (TPSA) is 36.7 Å². The molecule has 0 saturated heterocycles. The van der Waals surface area contributed by atoms with Crippen molar-refractivity contribution in [3.05, 3.63) is 35.7 Å². The van der Waals surface area contributed by atoms with Crippen LogP contribution in [0.4, 0.5) is 0 Å². The van der Waals surface area contributed by atoms with E-state index in [-0.39, 0.29) is 0 Å². The molecule has 0 aliphatic carbocycles. The van der Waals surface area contributed by atoms with Crippen LogP contribution in [0.25, 0.3) is 5.57 Å². The van der Waals surface area contributed by atoms with Crippen LogP contribution in [0.1, 0.15) is 23.7 Å². The Balaban J connectivity index is 3.21. The Morgan fingerprint density at radius 1 is 1.67 bits per heavy atom. The Labute approximate surface area is 72.2 Å². The van der Waals surface area contributed by atoms with Crippen molar-refractivity contribution in [2.75, 3.05) is 0 Å². The van der Waals surface area contributed by atoms with Gasteiger partial charge < -0.3 is 0 Å². The SMILES string of the molecule is C=C(C)c1cc(C)c(C#N)cn1. The molecule has 0 amide bonds. The summed E-state index contributed by atoms with van der Waals surface area (Å²) in [4.78, 5) is 4.09. The molecule has 1 aromatic rings. The fourth-order valence-electron chi connectivity index (χ4n) is 0.906. The first-order valence-electron chi connectivity index (χ1n) is 3.67. The van der Waals surface area contributed by atoms with Crippen LogP contribution < -0.4 is 0 Å². The second-order valence-electron chi connectivity index (χ2n) is 2.78. The van der Waals surface area contributed by atoms with E-state index in [9.17, 15) is 0 Å². The fourth-order valence-corrected chi connectivity index (χ4v) is 0.906. The first-order chi connectivity index (χ1) is 5.65. The molecule has 0 aliphatic rings. The summed E-state index contributed by atoms with van der Waals surface area (Å²) >= 11 is 0. The molecule has 1 rings (SSSR count). The molecule has 0 radical (unpaired) electrons. The summed E-state index contributed by atoms with van der Waals surface area (Å²) in [6.45, 7) is 7.57. The van der Waals surface area contributed by atoms with E-state index in [1.165, 1.54) is 0 Å². The lowest BCUT2D eigenvalue weighted by atomic mass is 10.1. The van der Waals surface area contributed by atoms with Gasteiger partial charge in [-0.2, -0.15) is 5.26 Å². The van der Waals surface area contributed by atoms with Crippen molar-refractivity contribution in [3.8, 4) is 6.07 Å². The molecule has 60 valence electrons. The summed E-state index contributed by atoms with van der Waals surface area (Å²) in [5.41, 5.74) is 3.35. The smallest absolute Gasteiger partial charge is 0.101 e. The Kier molecular flexibility index (Phi) is 2.25. The van der Waals surface area contributed by atoms with Gasteiger partial charge in [0.25, 0.3) is 0 Å². The number of nitriles is 1. The van der Waals surface area contributed by atoms with Crippen LogP contribution in [-0.4, -0.2) is 4.98 Å². The maximum absolute atomic E-state index is 8.64. The first kappa shape index (κ1) is 8.48. The molecule has 0 unspecified atom stereocenters. The normalized spacial score (nSPS) is 9.08. The van der Waals surface area contributed by atoms with Gasteiger partial charge in [0.05, 0.1) is 11.3 Å². The van der Waals surface area contributed by atoms with E-state index in [2.05, 4.69) is 17.6 Å². The summed E-state index contributed by atoms with van der Waals surface area (Å²) < 4.78 is 0. The van der Waals surface area contributed by atoms with E-state index in [0.29, 0.717) is 5.56 Å². The molecule has 0 aliphatic heterocycles. The van der Waals surface area contributed by atoms with E-state index in [0.717, 1.165) is 16.8 Å². The number of allylic oxidation sites excluding steroid dienone is 1. The van der Waals surface area contributed by atoms with Crippen molar-refractivity contribution < 1.29 is 0 Å². The van der Waals surface area contributed by atoms with E-state index < -0.39 is 0 Å². The highest BCUT2D eigenvalue weighted by molar-refractivity contribution is 5.59.